The largest absolute Gasteiger partial charge is 0.455 e. The summed E-state index contributed by atoms with van der Waals surface area (Å²) < 4.78 is 6.56. The van der Waals surface area contributed by atoms with E-state index in [1.165, 1.54) is 77.5 Å². The van der Waals surface area contributed by atoms with Crippen LogP contribution in [0.3, 0.4) is 0 Å². The second kappa shape index (κ2) is 14.7. The van der Waals surface area contributed by atoms with Gasteiger partial charge in [0.2, 0.25) is 0 Å². The Labute approximate surface area is 389 Å². The third kappa shape index (κ3) is 5.39. The molecule has 0 atom stereocenters. The minimum atomic E-state index is -0.526. The van der Waals surface area contributed by atoms with Crippen molar-refractivity contribution in [3.63, 3.8) is 0 Å². The summed E-state index contributed by atoms with van der Waals surface area (Å²) in [4.78, 5) is 2.51. The fourth-order valence-corrected chi connectivity index (χ4v) is 11.8. The molecule has 0 fully saturated rings. The predicted molar refractivity (Wildman–Crippen MR) is 279 cm³/mol. The first-order chi connectivity index (χ1) is 33.3. The first-order valence-electron chi connectivity index (χ1n) is 23.2. The van der Waals surface area contributed by atoms with Crippen LogP contribution in [0.5, 0.6) is 0 Å². The molecular formula is C65H41NO. The van der Waals surface area contributed by atoms with Crippen LogP contribution < -0.4 is 4.90 Å². The van der Waals surface area contributed by atoms with E-state index in [2.05, 4.69) is 248 Å². The Kier molecular flexibility index (Phi) is 8.23. The topological polar surface area (TPSA) is 16.4 Å². The van der Waals surface area contributed by atoms with Crippen molar-refractivity contribution in [2.45, 2.75) is 5.41 Å². The number of hydrogen-bond donors (Lipinski definition) is 0. The second-order valence-electron chi connectivity index (χ2n) is 17.8. The van der Waals surface area contributed by atoms with Gasteiger partial charge in [-0.3, -0.25) is 0 Å². The lowest BCUT2D eigenvalue weighted by Crippen LogP contribution is -2.26. The average molecular weight is 852 g/mol. The molecule has 0 unspecified atom stereocenters. The summed E-state index contributed by atoms with van der Waals surface area (Å²) in [6.07, 6.45) is 0. The van der Waals surface area contributed by atoms with Crippen molar-refractivity contribution in [1.29, 1.82) is 0 Å². The van der Waals surface area contributed by atoms with Gasteiger partial charge in [0.25, 0.3) is 0 Å². The van der Waals surface area contributed by atoms with Crippen molar-refractivity contribution in [2.75, 3.05) is 4.90 Å². The molecule has 0 N–H and O–H groups in total. The summed E-state index contributed by atoms with van der Waals surface area (Å²) in [7, 11) is 0. The van der Waals surface area contributed by atoms with E-state index in [9.17, 15) is 0 Å². The molecule has 11 aromatic carbocycles. The van der Waals surface area contributed by atoms with Gasteiger partial charge in [-0.15, -0.1) is 0 Å². The number of anilines is 3. The molecular weight excluding hydrogens is 811 g/mol. The monoisotopic (exact) mass is 851 g/mol. The normalized spacial score (nSPS) is 12.9. The maximum absolute atomic E-state index is 6.56. The van der Waals surface area contributed by atoms with Crippen molar-refractivity contribution in [3.05, 3.63) is 271 Å². The van der Waals surface area contributed by atoms with Gasteiger partial charge < -0.3 is 9.32 Å². The van der Waals surface area contributed by atoms with E-state index in [0.717, 1.165) is 50.1 Å². The molecule has 0 radical (unpaired) electrons. The van der Waals surface area contributed by atoms with Crippen LogP contribution in [0.15, 0.2) is 253 Å². The Hall–Kier alpha value is -8.72. The van der Waals surface area contributed by atoms with Gasteiger partial charge in [0, 0.05) is 38.7 Å². The van der Waals surface area contributed by atoms with E-state index in [4.69, 9.17) is 4.42 Å². The number of benzene rings is 11. The van der Waals surface area contributed by atoms with E-state index in [1.54, 1.807) is 0 Å². The summed E-state index contributed by atoms with van der Waals surface area (Å²) in [6, 6.07) is 91.3. The molecule has 1 heterocycles. The highest BCUT2D eigenvalue weighted by Gasteiger charge is 2.53. The van der Waals surface area contributed by atoms with Crippen molar-refractivity contribution < 1.29 is 4.42 Å². The maximum atomic E-state index is 6.56. The average Bonchev–Trinajstić information content (AvgIpc) is 4.04. The zero-order valence-electron chi connectivity index (χ0n) is 36.5. The Bertz CT molecular complexity index is 3860. The van der Waals surface area contributed by atoms with Gasteiger partial charge in [-0.05, 0) is 102 Å². The van der Waals surface area contributed by atoms with E-state index < -0.39 is 5.41 Å². The third-order valence-corrected chi connectivity index (χ3v) is 14.5. The fraction of sp³-hybridized carbons (Fsp3) is 0.0154. The number of para-hydroxylation sites is 2. The van der Waals surface area contributed by atoms with Gasteiger partial charge >= 0.3 is 0 Å². The highest BCUT2D eigenvalue weighted by atomic mass is 16.3. The van der Waals surface area contributed by atoms with Crippen LogP contribution in [0.25, 0.3) is 88.3 Å². The summed E-state index contributed by atoms with van der Waals surface area (Å²) in [6.45, 7) is 0. The quantitative estimate of drug-likeness (QED) is 0.166. The number of hydrogen-bond acceptors (Lipinski definition) is 2. The van der Waals surface area contributed by atoms with Crippen LogP contribution in [0, 0.1) is 0 Å². The van der Waals surface area contributed by atoms with E-state index in [1.807, 2.05) is 6.07 Å². The number of rotatable bonds is 6. The van der Waals surface area contributed by atoms with Crippen LogP contribution in [0.1, 0.15) is 22.3 Å². The van der Waals surface area contributed by atoms with Crippen LogP contribution in [0.4, 0.5) is 17.1 Å². The van der Waals surface area contributed by atoms with E-state index >= 15 is 0 Å². The van der Waals surface area contributed by atoms with Gasteiger partial charge in [-0.25, -0.2) is 0 Å². The minimum Gasteiger partial charge on any atom is -0.455 e. The van der Waals surface area contributed by atoms with Crippen LogP contribution in [-0.4, -0.2) is 0 Å². The van der Waals surface area contributed by atoms with Crippen molar-refractivity contribution in [2.24, 2.45) is 0 Å². The Balaban J connectivity index is 1.08. The first kappa shape index (κ1) is 37.6. The zero-order chi connectivity index (χ0) is 44.1. The molecule has 12 aromatic rings. The Morgan fingerprint density at radius 3 is 1.42 bits per heavy atom. The predicted octanol–water partition coefficient (Wildman–Crippen LogP) is 17.6. The lowest BCUT2D eigenvalue weighted by atomic mass is 9.69. The lowest BCUT2D eigenvalue weighted by molar-refractivity contribution is 0.670. The van der Waals surface area contributed by atoms with Crippen molar-refractivity contribution in [1.82, 2.24) is 0 Å². The molecule has 0 saturated heterocycles. The number of furan rings is 1. The molecule has 0 bridgehead atoms. The van der Waals surface area contributed by atoms with Crippen LogP contribution in [0.2, 0.25) is 0 Å². The first-order valence-corrected chi connectivity index (χ1v) is 23.2. The molecule has 1 aromatic heterocycles. The van der Waals surface area contributed by atoms with Crippen molar-refractivity contribution >= 4 is 49.8 Å². The van der Waals surface area contributed by atoms with E-state index in [0.29, 0.717) is 0 Å². The summed E-state index contributed by atoms with van der Waals surface area (Å²) in [5.74, 6) is 0. The SMILES string of the molecule is c1ccc(-c2ccc(N(c3ccc(-c4cccc5c4oc4ccccc45)cc3)c3c(-c4ccccc4)c4c(c5ccccc35)C3(c5ccccc5-c5ccccc53)c3ccccc3-4)cc2)cc1. The van der Waals surface area contributed by atoms with Crippen LogP contribution in [-0.2, 0) is 5.41 Å². The smallest absolute Gasteiger partial charge is 0.143 e. The summed E-state index contributed by atoms with van der Waals surface area (Å²) in [5.41, 5.74) is 22.0. The van der Waals surface area contributed by atoms with Gasteiger partial charge in [-0.2, -0.15) is 0 Å². The highest BCUT2D eigenvalue weighted by molar-refractivity contribution is 6.18. The number of fused-ring (bicyclic) bond motifs is 15. The second-order valence-corrected chi connectivity index (χ2v) is 17.8. The van der Waals surface area contributed by atoms with Gasteiger partial charge in [0.1, 0.15) is 11.2 Å². The standard InChI is InChI=1S/C65H41NO/c1-3-18-42(19-4-1)43-34-38-46(39-35-43)66(47-40-36-44(37-41-47)48-28-17-29-54-51-24-12-16-33-59(51)67-64(48)54)63-53-26-8-7-25-52(53)62-61(60(63)45-20-5-2-6-21-45)55-27-11-15-32-58(55)65(62)56-30-13-9-22-49(56)50-23-10-14-31-57(50)65/h1-41H. The lowest BCUT2D eigenvalue weighted by Gasteiger charge is -2.34. The molecule has 0 saturated carbocycles. The Morgan fingerprint density at radius 1 is 0.299 bits per heavy atom. The molecule has 2 aliphatic carbocycles. The molecule has 0 amide bonds. The van der Waals surface area contributed by atoms with Crippen molar-refractivity contribution in [3.8, 4) is 55.6 Å². The molecule has 312 valence electrons. The van der Waals surface area contributed by atoms with Gasteiger partial charge in [0.15, 0.2) is 0 Å². The molecule has 0 aliphatic heterocycles. The summed E-state index contributed by atoms with van der Waals surface area (Å²) >= 11 is 0. The zero-order valence-corrected chi connectivity index (χ0v) is 36.5. The summed E-state index contributed by atoms with van der Waals surface area (Å²) in [5, 5.41) is 4.69. The van der Waals surface area contributed by atoms with Gasteiger partial charge in [0.05, 0.1) is 11.1 Å². The Morgan fingerprint density at radius 2 is 0.761 bits per heavy atom. The highest BCUT2D eigenvalue weighted by Crippen LogP contribution is 2.67. The van der Waals surface area contributed by atoms with Crippen LogP contribution >= 0.6 is 0 Å². The number of nitrogens with zero attached hydrogens (tertiary/aromatic N) is 1. The molecule has 2 heteroatoms. The van der Waals surface area contributed by atoms with E-state index in [-0.39, 0.29) is 0 Å². The molecule has 1 spiro atoms. The molecule has 2 nitrogen and oxygen atoms in total. The molecule has 14 rings (SSSR count). The maximum Gasteiger partial charge on any atom is 0.143 e. The molecule has 2 aliphatic rings. The third-order valence-electron chi connectivity index (χ3n) is 14.5. The minimum absolute atomic E-state index is 0.526. The van der Waals surface area contributed by atoms with Gasteiger partial charge in [-0.1, -0.05) is 218 Å². The molecule has 67 heavy (non-hydrogen) atoms. The fourth-order valence-electron chi connectivity index (χ4n) is 11.8.